The minimum Gasteiger partial charge on any atom is -0.387 e. The maximum Gasteiger partial charge on any atom is 0.108 e. The molecule has 4 nitrogen and oxygen atoms in total. The molecule has 0 amide bonds. The third-order valence-electron chi connectivity index (χ3n) is 2.33. The van der Waals surface area contributed by atoms with E-state index in [0.717, 1.165) is 24.5 Å². The molecule has 0 saturated carbocycles. The van der Waals surface area contributed by atoms with Crippen LogP contribution in [0.2, 0.25) is 0 Å². The number of hydrogen-bond acceptors (Lipinski definition) is 2. The first-order valence-corrected chi connectivity index (χ1v) is 4.63. The van der Waals surface area contributed by atoms with Gasteiger partial charge in [0.1, 0.15) is 5.82 Å². The van der Waals surface area contributed by atoms with Crippen molar-refractivity contribution in [3.63, 3.8) is 0 Å². The van der Waals surface area contributed by atoms with Crippen LogP contribution in [0.3, 0.4) is 0 Å². The SMILES string of the molecule is N=C(N)Cc1cn2c(n1)CCCC2. The van der Waals surface area contributed by atoms with Crippen LogP contribution in [0.4, 0.5) is 0 Å². The van der Waals surface area contributed by atoms with E-state index in [1.807, 2.05) is 6.20 Å². The van der Waals surface area contributed by atoms with Crippen LogP contribution in [0.25, 0.3) is 0 Å². The van der Waals surface area contributed by atoms with E-state index in [9.17, 15) is 0 Å². The predicted molar refractivity (Wildman–Crippen MR) is 50.8 cm³/mol. The molecule has 70 valence electrons. The van der Waals surface area contributed by atoms with Crippen LogP contribution in [-0.2, 0) is 19.4 Å². The molecular formula is C9H14N4. The summed E-state index contributed by atoms with van der Waals surface area (Å²) in [5.74, 6) is 1.35. The summed E-state index contributed by atoms with van der Waals surface area (Å²) >= 11 is 0. The van der Waals surface area contributed by atoms with Crippen LogP contribution in [0, 0.1) is 5.41 Å². The summed E-state index contributed by atoms with van der Waals surface area (Å²) < 4.78 is 2.18. The number of fused-ring (bicyclic) bond motifs is 1. The van der Waals surface area contributed by atoms with Gasteiger partial charge in [0.15, 0.2) is 0 Å². The first-order chi connectivity index (χ1) is 6.25. The fourth-order valence-electron chi connectivity index (χ4n) is 1.75. The highest BCUT2D eigenvalue weighted by molar-refractivity contribution is 5.78. The molecule has 0 saturated heterocycles. The summed E-state index contributed by atoms with van der Waals surface area (Å²) in [5.41, 5.74) is 6.25. The number of nitrogens with two attached hydrogens (primary N) is 1. The van der Waals surface area contributed by atoms with Crippen LogP contribution in [0.15, 0.2) is 6.20 Å². The minimum atomic E-state index is 0.190. The van der Waals surface area contributed by atoms with E-state index in [-0.39, 0.29) is 5.84 Å². The van der Waals surface area contributed by atoms with Crippen LogP contribution < -0.4 is 5.73 Å². The summed E-state index contributed by atoms with van der Waals surface area (Å²) in [5, 5.41) is 7.17. The summed E-state index contributed by atoms with van der Waals surface area (Å²) in [6.07, 6.45) is 6.05. The van der Waals surface area contributed by atoms with Gasteiger partial charge in [-0.1, -0.05) is 0 Å². The van der Waals surface area contributed by atoms with Crippen LogP contribution >= 0.6 is 0 Å². The van der Waals surface area contributed by atoms with E-state index < -0.39 is 0 Å². The lowest BCUT2D eigenvalue weighted by atomic mass is 10.2. The number of aryl methyl sites for hydroxylation is 2. The Morgan fingerprint density at radius 1 is 1.62 bits per heavy atom. The average Bonchev–Trinajstić information content (AvgIpc) is 2.44. The Kier molecular flexibility index (Phi) is 2.04. The van der Waals surface area contributed by atoms with E-state index in [1.165, 1.54) is 12.8 Å². The van der Waals surface area contributed by atoms with Crippen molar-refractivity contribution in [2.24, 2.45) is 5.73 Å². The van der Waals surface area contributed by atoms with Crippen LogP contribution in [0.5, 0.6) is 0 Å². The van der Waals surface area contributed by atoms with Gasteiger partial charge in [-0.25, -0.2) is 4.98 Å². The molecule has 3 N–H and O–H groups in total. The Morgan fingerprint density at radius 2 is 2.46 bits per heavy atom. The lowest BCUT2D eigenvalue weighted by Crippen LogP contribution is -2.12. The summed E-state index contributed by atoms with van der Waals surface area (Å²) in [6, 6.07) is 0. The first-order valence-electron chi connectivity index (χ1n) is 4.63. The van der Waals surface area contributed by atoms with Crippen molar-refractivity contribution in [2.45, 2.75) is 32.2 Å². The molecule has 0 atom stereocenters. The monoisotopic (exact) mass is 178 g/mol. The molecule has 2 heterocycles. The second-order valence-electron chi connectivity index (χ2n) is 3.50. The standard InChI is InChI=1S/C9H14N4/c10-8(11)5-7-6-13-4-2-1-3-9(13)12-7/h6H,1-5H2,(H3,10,11). The Labute approximate surface area is 77.3 Å². The molecule has 0 radical (unpaired) electrons. The quantitative estimate of drug-likeness (QED) is 0.517. The highest BCUT2D eigenvalue weighted by atomic mass is 15.1. The lowest BCUT2D eigenvalue weighted by molar-refractivity contribution is 0.522. The predicted octanol–water partition coefficient (Wildman–Crippen LogP) is 0.698. The van der Waals surface area contributed by atoms with Gasteiger partial charge in [0, 0.05) is 25.6 Å². The average molecular weight is 178 g/mol. The Morgan fingerprint density at radius 3 is 3.15 bits per heavy atom. The summed E-state index contributed by atoms with van der Waals surface area (Å²) in [7, 11) is 0. The van der Waals surface area contributed by atoms with Crippen molar-refractivity contribution in [1.29, 1.82) is 5.41 Å². The van der Waals surface area contributed by atoms with Gasteiger partial charge in [0.05, 0.1) is 11.5 Å². The fraction of sp³-hybridized carbons (Fsp3) is 0.556. The number of hydrogen-bond donors (Lipinski definition) is 2. The van der Waals surface area contributed by atoms with Crippen molar-refractivity contribution in [2.75, 3.05) is 0 Å². The molecule has 13 heavy (non-hydrogen) atoms. The number of aromatic nitrogens is 2. The Hall–Kier alpha value is -1.32. The molecule has 1 aliphatic rings. The molecule has 0 spiro atoms. The summed E-state index contributed by atoms with van der Waals surface area (Å²) in [6.45, 7) is 1.07. The molecule has 0 bridgehead atoms. The Balaban J connectivity index is 2.20. The molecule has 0 aromatic carbocycles. The van der Waals surface area contributed by atoms with E-state index in [4.69, 9.17) is 11.1 Å². The van der Waals surface area contributed by atoms with Gasteiger partial charge in [-0.3, -0.25) is 5.41 Å². The van der Waals surface area contributed by atoms with E-state index in [1.54, 1.807) is 0 Å². The zero-order valence-electron chi connectivity index (χ0n) is 7.58. The number of imidazole rings is 1. The van der Waals surface area contributed by atoms with Gasteiger partial charge in [-0.2, -0.15) is 0 Å². The second kappa shape index (κ2) is 3.20. The third kappa shape index (κ3) is 1.71. The maximum atomic E-state index is 7.17. The maximum absolute atomic E-state index is 7.17. The lowest BCUT2D eigenvalue weighted by Gasteiger charge is -2.11. The van der Waals surface area contributed by atoms with E-state index >= 15 is 0 Å². The van der Waals surface area contributed by atoms with Gasteiger partial charge in [0.25, 0.3) is 0 Å². The number of rotatable bonds is 2. The van der Waals surface area contributed by atoms with Crippen molar-refractivity contribution < 1.29 is 0 Å². The van der Waals surface area contributed by atoms with Gasteiger partial charge < -0.3 is 10.3 Å². The number of amidine groups is 1. The first kappa shape index (κ1) is 8.29. The van der Waals surface area contributed by atoms with E-state index in [0.29, 0.717) is 6.42 Å². The zero-order valence-corrected chi connectivity index (χ0v) is 7.58. The highest BCUT2D eigenvalue weighted by Gasteiger charge is 2.11. The normalized spacial score (nSPS) is 15.4. The van der Waals surface area contributed by atoms with Crippen LogP contribution in [-0.4, -0.2) is 15.4 Å². The number of nitrogens with zero attached hydrogens (tertiary/aromatic N) is 2. The highest BCUT2D eigenvalue weighted by Crippen LogP contribution is 2.14. The molecule has 1 aromatic rings. The third-order valence-corrected chi connectivity index (χ3v) is 2.33. The molecule has 0 unspecified atom stereocenters. The molecule has 2 rings (SSSR count). The van der Waals surface area contributed by atoms with Gasteiger partial charge in [-0.05, 0) is 12.8 Å². The van der Waals surface area contributed by atoms with Crippen molar-refractivity contribution >= 4 is 5.84 Å². The Bertz CT molecular complexity index is 303. The van der Waals surface area contributed by atoms with Crippen molar-refractivity contribution in [1.82, 2.24) is 9.55 Å². The molecule has 1 aliphatic heterocycles. The minimum absolute atomic E-state index is 0.190. The molecule has 0 aliphatic carbocycles. The van der Waals surface area contributed by atoms with Gasteiger partial charge in [0.2, 0.25) is 0 Å². The largest absolute Gasteiger partial charge is 0.387 e. The molecule has 4 heteroatoms. The zero-order chi connectivity index (χ0) is 9.26. The topological polar surface area (TPSA) is 67.7 Å². The van der Waals surface area contributed by atoms with Crippen molar-refractivity contribution in [3.8, 4) is 0 Å². The summed E-state index contributed by atoms with van der Waals surface area (Å²) in [4.78, 5) is 4.43. The van der Waals surface area contributed by atoms with Gasteiger partial charge in [-0.15, -0.1) is 0 Å². The number of nitrogens with one attached hydrogen (secondary N) is 1. The molecular weight excluding hydrogens is 164 g/mol. The molecule has 1 aromatic heterocycles. The fourth-order valence-corrected chi connectivity index (χ4v) is 1.75. The smallest absolute Gasteiger partial charge is 0.108 e. The molecule has 0 fully saturated rings. The second-order valence-corrected chi connectivity index (χ2v) is 3.50. The van der Waals surface area contributed by atoms with Crippen molar-refractivity contribution in [3.05, 3.63) is 17.7 Å². The van der Waals surface area contributed by atoms with E-state index in [2.05, 4.69) is 9.55 Å². The van der Waals surface area contributed by atoms with Gasteiger partial charge >= 0.3 is 0 Å². The van der Waals surface area contributed by atoms with Crippen LogP contribution in [0.1, 0.15) is 24.4 Å².